The van der Waals surface area contributed by atoms with E-state index in [1.165, 1.54) is 11.3 Å². The largest absolute Gasteiger partial charge is 0.466 e. The maximum atomic E-state index is 11.4. The number of hydrogen-bond acceptors (Lipinski definition) is 3. The third-order valence-corrected chi connectivity index (χ3v) is 3.56. The SMILES string of the molecule is CCOC(=O)CCc1ccc(N(C)Cc2ccccc2)cc1. The molecule has 3 nitrogen and oxygen atoms in total. The summed E-state index contributed by atoms with van der Waals surface area (Å²) in [6.07, 6.45) is 1.16. The molecule has 2 aromatic carbocycles. The predicted octanol–water partition coefficient (Wildman–Crippen LogP) is 3.82. The monoisotopic (exact) mass is 297 g/mol. The maximum absolute atomic E-state index is 11.4. The van der Waals surface area contributed by atoms with Crippen molar-refractivity contribution in [1.29, 1.82) is 0 Å². The zero-order valence-electron chi connectivity index (χ0n) is 13.3. The van der Waals surface area contributed by atoms with Crippen molar-refractivity contribution >= 4 is 11.7 Å². The summed E-state index contributed by atoms with van der Waals surface area (Å²) < 4.78 is 4.94. The normalized spacial score (nSPS) is 10.3. The van der Waals surface area contributed by atoms with Gasteiger partial charge in [0.2, 0.25) is 0 Å². The third kappa shape index (κ3) is 4.92. The van der Waals surface area contributed by atoms with Gasteiger partial charge >= 0.3 is 5.97 Å². The molecule has 0 unspecified atom stereocenters. The molecule has 3 heteroatoms. The average Bonchev–Trinajstić information content (AvgIpc) is 2.54. The molecule has 2 aromatic rings. The third-order valence-electron chi connectivity index (χ3n) is 3.56. The zero-order valence-corrected chi connectivity index (χ0v) is 13.3. The Bertz CT molecular complexity index is 578. The van der Waals surface area contributed by atoms with Crippen LogP contribution in [-0.4, -0.2) is 19.6 Å². The van der Waals surface area contributed by atoms with Crippen LogP contribution in [-0.2, 0) is 22.5 Å². The first-order valence-electron chi connectivity index (χ1n) is 7.68. The van der Waals surface area contributed by atoms with E-state index in [2.05, 4.69) is 60.5 Å². The quantitative estimate of drug-likeness (QED) is 0.728. The van der Waals surface area contributed by atoms with E-state index >= 15 is 0 Å². The summed E-state index contributed by atoms with van der Waals surface area (Å²) in [6, 6.07) is 18.8. The summed E-state index contributed by atoms with van der Waals surface area (Å²) in [5.74, 6) is -0.132. The van der Waals surface area contributed by atoms with Crippen LogP contribution in [0.25, 0.3) is 0 Å². The Morgan fingerprint density at radius 2 is 1.68 bits per heavy atom. The van der Waals surface area contributed by atoms with Gasteiger partial charge in [-0.3, -0.25) is 4.79 Å². The lowest BCUT2D eigenvalue weighted by Crippen LogP contribution is -2.16. The molecule has 0 heterocycles. The van der Waals surface area contributed by atoms with Crippen molar-refractivity contribution in [3.8, 4) is 0 Å². The van der Waals surface area contributed by atoms with E-state index in [0.29, 0.717) is 13.0 Å². The Hall–Kier alpha value is -2.29. The summed E-state index contributed by atoms with van der Waals surface area (Å²) in [7, 11) is 2.08. The summed E-state index contributed by atoms with van der Waals surface area (Å²) in [6.45, 7) is 3.15. The molecule has 116 valence electrons. The van der Waals surface area contributed by atoms with E-state index in [9.17, 15) is 4.79 Å². The van der Waals surface area contributed by atoms with Crippen LogP contribution in [0.15, 0.2) is 54.6 Å². The van der Waals surface area contributed by atoms with E-state index in [0.717, 1.165) is 18.5 Å². The molecule has 0 saturated carbocycles. The number of carbonyl (C=O) groups excluding carboxylic acids is 1. The van der Waals surface area contributed by atoms with E-state index in [1.807, 2.05) is 13.0 Å². The van der Waals surface area contributed by atoms with Gasteiger partial charge in [0.25, 0.3) is 0 Å². The lowest BCUT2D eigenvalue weighted by molar-refractivity contribution is -0.143. The summed E-state index contributed by atoms with van der Waals surface area (Å²) in [4.78, 5) is 13.6. The Morgan fingerprint density at radius 1 is 1.00 bits per heavy atom. The number of rotatable bonds is 7. The van der Waals surface area contributed by atoms with Gasteiger partial charge in [0, 0.05) is 25.7 Å². The van der Waals surface area contributed by atoms with Crippen molar-refractivity contribution in [3.63, 3.8) is 0 Å². The Morgan fingerprint density at radius 3 is 2.32 bits per heavy atom. The highest BCUT2D eigenvalue weighted by Crippen LogP contribution is 2.17. The van der Waals surface area contributed by atoms with Crippen molar-refractivity contribution in [2.24, 2.45) is 0 Å². The summed E-state index contributed by atoms with van der Waals surface area (Å²) in [5, 5.41) is 0. The minimum absolute atomic E-state index is 0.132. The topological polar surface area (TPSA) is 29.5 Å². The molecule has 0 spiro atoms. The van der Waals surface area contributed by atoms with Gasteiger partial charge in [0.1, 0.15) is 0 Å². The molecular weight excluding hydrogens is 274 g/mol. The summed E-state index contributed by atoms with van der Waals surface area (Å²) in [5.41, 5.74) is 3.62. The first kappa shape index (κ1) is 16.1. The molecule has 2 rings (SSSR count). The molecule has 0 aliphatic rings. The van der Waals surface area contributed by atoms with Crippen LogP contribution in [0.5, 0.6) is 0 Å². The van der Waals surface area contributed by atoms with Gasteiger partial charge in [0.15, 0.2) is 0 Å². The lowest BCUT2D eigenvalue weighted by Gasteiger charge is -2.19. The number of anilines is 1. The van der Waals surface area contributed by atoms with Crippen molar-refractivity contribution in [3.05, 3.63) is 65.7 Å². The highest BCUT2D eigenvalue weighted by atomic mass is 16.5. The number of ether oxygens (including phenoxy) is 1. The first-order chi connectivity index (χ1) is 10.7. The second-order valence-electron chi connectivity index (χ2n) is 5.31. The van der Waals surface area contributed by atoms with E-state index in [4.69, 9.17) is 4.74 Å². The van der Waals surface area contributed by atoms with Crippen molar-refractivity contribution in [1.82, 2.24) is 0 Å². The minimum atomic E-state index is -0.132. The highest BCUT2D eigenvalue weighted by Gasteiger charge is 2.05. The van der Waals surface area contributed by atoms with Crippen LogP contribution in [0.3, 0.4) is 0 Å². The number of hydrogen-bond donors (Lipinski definition) is 0. The summed E-state index contributed by atoms with van der Waals surface area (Å²) >= 11 is 0. The van der Waals surface area contributed by atoms with Gasteiger partial charge in [-0.25, -0.2) is 0 Å². The van der Waals surface area contributed by atoms with Crippen molar-refractivity contribution in [2.75, 3.05) is 18.6 Å². The molecule has 0 N–H and O–H groups in total. The van der Waals surface area contributed by atoms with E-state index in [-0.39, 0.29) is 5.97 Å². The maximum Gasteiger partial charge on any atom is 0.306 e. The number of esters is 1. The number of aryl methyl sites for hydroxylation is 1. The highest BCUT2D eigenvalue weighted by molar-refractivity contribution is 5.69. The molecular formula is C19H23NO2. The number of benzene rings is 2. The molecule has 0 aliphatic carbocycles. The fraction of sp³-hybridized carbons (Fsp3) is 0.316. The lowest BCUT2D eigenvalue weighted by atomic mass is 10.1. The second kappa shape index (κ2) is 8.23. The van der Waals surface area contributed by atoms with Crippen LogP contribution in [0.4, 0.5) is 5.69 Å². The molecule has 22 heavy (non-hydrogen) atoms. The molecule has 0 bridgehead atoms. The molecule has 0 saturated heterocycles. The fourth-order valence-electron chi connectivity index (χ4n) is 2.35. The molecule has 0 fully saturated rings. The Labute approximate surface area is 132 Å². The number of carbonyl (C=O) groups is 1. The van der Waals surface area contributed by atoms with Gasteiger partial charge in [-0.2, -0.15) is 0 Å². The minimum Gasteiger partial charge on any atom is -0.466 e. The van der Waals surface area contributed by atoms with Crippen LogP contribution in [0, 0.1) is 0 Å². The van der Waals surface area contributed by atoms with Crippen LogP contribution >= 0.6 is 0 Å². The van der Waals surface area contributed by atoms with Crippen LogP contribution < -0.4 is 4.90 Å². The molecule has 0 radical (unpaired) electrons. The van der Waals surface area contributed by atoms with Gasteiger partial charge in [-0.05, 0) is 36.6 Å². The van der Waals surface area contributed by atoms with Gasteiger partial charge < -0.3 is 9.64 Å². The molecule has 0 amide bonds. The predicted molar refractivity (Wildman–Crippen MR) is 89.9 cm³/mol. The Balaban J connectivity index is 1.89. The Kier molecular flexibility index (Phi) is 6.01. The van der Waals surface area contributed by atoms with Crippen molar-refractivity contribution in [2.45, 2.75) is 26.3 Å². The van der Waals surface area contributed by atoms with Crippen molar-refractivity contribution < 1.29 is 9.53 Å². The smallest absolute Gasteiger partial charge is 0.306 e. The van der Waals surface area contributed by atoms with E-state index in [1.54, 1.807) is 0 Å². The second-order valence-corrected chi connectivity index (χ2v) is 5.31. The zero-order chi connectivity index (χ0) is 15.8. The fourth-order valence-corrected chi connectivity index (χ4v) is 2.35. The standard InChI is InChI=1S/C19H23NO2/c1-3-22-19(21)14-11-16-9-12-18(13-10-16)20(2)15-17-7-5-4-6-8-17/h4-10,12-13H,3,11,14-15H2,1-2H3. The van der Waals surface area contributed by atoms with Crippen LogP contribution in [0.2, 0.25) is 0 Å². The van der Waals surface area contributed by atoms with Gasteiger partial charge in [0.05, 0.1) is 6.61 Å². The molecule has 0 aliphatic heterocycles. The molecule has 0 aromatic heterocycles. The van der Waals surface area contributed by atoms with Gasteiger partial charge in [-0.1, -0.05) is 42.5 Å². The first-order valence-corrected chi connectivity index (χ1v) is 7.68. The van der Waals surface area contributed by atoms with E-state index < -0.39 is 0 Å². The van der Waals surface area contributed by atoms with Crippen LogP contribution in [0.1, 0.15) is 24.5 Å². The van der Waals surface area contributed by atoms with Gasteiger partial charge in [-0.15, -0.1) is 0 Å². The molecule has 0 atom stereocenters. The average molecular weight is 297 g/mol. The number of nitrogens with zero attached hydrogens (tertiary/aromatic N) is 1.